The Morgan fingerprint density at radius 2 is 2.00 bits per heavy atom. The summed E-state index contributed by atoms with van der Waals surface area (Å²) >= 11 is 0. The zero-order valence-electron chi connectivity index (χ0n) is 14.0. The van der Waals surface area contributed by atoms with Gasteiger partial charge < -0.3 is 14.6 Å². The first-order valence-corrected chi connectivity index (χ1v) is 7.47. The second kappa shape index (κ2) is 7.08. The van der Waals surface area contributed by atoms with Crippen LogP contribution in [0.5, 0.6) is 0 Å². The maximum Gasteiger partial charge on any atom is 0.340 e. The molecular formula is C17H19N3O4. The Bertz CT molecular complexity index is 794. The number of ether oxygens (including phenoxy) is 1. The SMILES string of the molecule is CCOC(=O)c1c(C)c(C(=O)C(=O)Nc2cccnc2)n(C)c1C. The number of Topliss-reactive ketones (excluding diaryl/α,β-unsaturated/α-hetero) is 1. The van der Waals surface area contributed by atoms with Crippen molar-refractivity contribution in [3.8, 4) is 0 Å². The Kier molecular flexibility index (Phi) is 5.13. The number of ketones is 1. The Hall–Kier alpha value is -2.96. The lowest BCUT2D eigenvalue weighted by molar-refractivity contribution is -0.112. The lowest BCUT2D eigenvalue weighted by Crippen LogP contribution is -2.25. The highest BCUT2D eigenvalue weighted by Crippen LogP contribution is 2.23. The van der Waals surface area contributed by atoms with Gasteiger partial charge in [0.05, 0.1) is 29.7 Å². The maximum absolute atomic E-state index is 12.5. The van der Waals surface area contributed by atoms with Crippen molar-refractivity contribution in [1.29, 1.82) is 0 Å². The van der Waals surface area contributed by atoms with E-state index in [0.29, 0.717) is 22.5 Å². The number of esters is 1. The summed E-state index contributed by atoms with van der Waals surface area (Å²) < 4.78 is 6.56. The van der Waals surface area contributed by atoms with Crippen LogP contribution in [0.25, 0.3) is 0 Å². The molecule has 0 aliphatic carbocycles. The molecule has 0 spiro atoms. The van der Waals surface area contributed by atoms with Gasteiger partial charge >= 0.3 is 5.97 Å². The van der Waals surface area contributed by atoms with Gasteiger partial charge in [-0.1, -0.05) is 0 Å². The van der Waals surface area contributed by atoms with Crippen LogP contribution in [0.2, 0.25) is 0 Å². The first-order chi connectivity index (χ1) is 11.4. The third-order valence-corrected chi connectivity index (χ3v) is 3.75. The Labute approximate surface area is 139 Å². The van der Waals surface area contributed by atoms with Gasteiger partial charge in [-0.15, -0.1) is 0 Å². The number of nitrogens with one attached hydrogen (secondary N) is 1. The van der Waals surface area contributed by atoms with Crippen molar-refractivity contribution in [2.75, 3.05) is 11.9 Å². The van der Waals surface area contributed by atoms with Crippen LogP contribution in [0, 0.1) is 13.8 Å². The molecule has 24 heavy (non-hydrogen) atoms. The molecular weight excluding hydrogens is 310 g/mol. The zero-order chi connectivity index (χ0) is 17.9. The van der Waals surface area contributed by atoms with Crippen molar-refractivity contribution in [2.45, 2.75) is 20.8 Å². The fraction of sp³-hybridized carbons (Fsp3) is 0.294. The van der Waals surface area contributed by atoms with E-state index in [1.807, 2.05) is 0 Å². The van der Waals surface area contributed by atoms with Crippen LogP contribution in [-0.4, -0.2) is 33.8 Å². The Morgan fingerprint density at radius 3 is 2.58 bits per heavy atom. The topological polar surface area (TPSA) is 90.3 Å². The molecule has 0 saturated carbocycles. The molecule has 0 unspecified atom stereocenters. The van der Waals surface area contributed by atoms with Gasteiger partial charge in [-0.05, 0) is 38.5 Å². The minimum Gasteiger partial charge on any atom is -0.462 e. The standard InChI is InChI=1S/C17H19N3O4/c1-5-24-17(23)13-10(2)14(20(4)11(13)3)15(21)16(22)19-12-7-6-8-18-9-12/h6-9H,5H2,1-4H3,(H,19,22). The number of anilines is 1. The van der Waals surface area contributed by atoms with Crippen LogP contribution in [-0.2, 0) is 16.6 Å². The summed E-state index contributed by atoms with van der Waals surface area (Å²) in [5.41, 5.74) is 1.90. The Morgan fingerprint density at radius 1 is 1.29 bits per heavy atom. The molecule has 2 rings (SSSR count). The van der Waals surface area contributed by atoms with Gasteiger partial charge in [-0.25, -0.2) is 4.79 Å². The van der Waals surface area contributed by atoms with E-state index < -0.39 is 17.7 Å². The summed E-state index contributed by atoms with van der Waals surface area (Å²) in [6.45, 7) is 5.27. The number of hydrogen-bond acceptors (Lipinski definition) is 5. The summed E-state index contributed by atoms with van der Waals surface area (Å²) in [6.07, 6.45) is 3.01. The van der Waals surface area contributed by atoms with E-state index in [0.717, 1.165) is 0 Å². The van der Waals surface area contributed by atoms with E-state index in [-0.39, 0.29) is 12.3 Å². The molecule has 1 N–H and O–H groups in total. The van der Waals surface area contributed by atoms with E-state index in [4.69, 9.17) is 4.74 Å². The number of pyridine rings is 1. The van der Waals surface area contributed by atoms with Crippen LogP contribution in [0.15, 0.2) is 24.5 Å². The molecule has 1 amide bonds. The molecule has 7 heteroatoms. The molecule has 0 atom stereocenters. The molecule has 0 saturated heterocycles. The minimum atomic E-state index is -0.790. The van der Waals surface area contributed by atoms with Crippen LogP contribution in [0.3, 0.4) is 0 Å². The first kappa shape index (κ1) is 17.4. The van der Waals surface area contributed by atoms with Crippen molar-refractivity contribution >= 4 is 23.3 Å². The van der Waals surface area contributed by atoms with Crippen LogP contribution < -0.4 is 5.32 Å². The third-order valence-electron chi connectivity index (χ3n) is 3.75. The van der Waals surface area contributed by atoms with Crippen LogP contribution in [0.1, 0.15) is 39.0 Å². The molecule has 0 aliphatic heterocycles. The predicted octanol–water partition coefficient (Wildman–Crippen LogP) is 2.04. The van der Waals surface area contributed by atoms with Crippen molar-refractivity contribution in [3.63, 3.8) is 0 Å². The van der Waals surface area contributed by atoms with E-state index >= 15 is 0 Å². The molecule has 0 aromatic carbocycles. The molecule has 0 fully saturated rings. The number of carbonyl (C=O) groups is 3. The van der Waals surface area contributed by atoms with E-state index in [2.05, 4.69) is 10.3 Å². The maximum atomic E-state index is 12.5. The number of rotatable bonds is 5. The van der Waals surface area contributed by atoms with Gasteiger partial charge in [-0.2, -0.15) is 0 Å². The van der Waals surface area contributed by atoms with Gasteiger partial charge in [-0.3, -0.25) is 14.6 Å². The average molecular weight is 329 g/mol. The summed E-state index contributed by atoms with van der Waals surface area (Å²) in [6, 6.07) is 3.28. The van der Waals surface area contributed by atoms with Gasteiger partial charge in [0.25, 0.3) is 11.7 Å². The molecule has 2 aromatic heterocycles. The molecule has 2 heterocycles. The monoisotopic (exact) mass is 329 g/mol. The number of aromatic nitrogens is 2. The highest BCUT2D eigenvalue weighted by Gasteiger charge is 2.29. The number of carbonyl (C=O) groups excluding carboxylic acids is 3. The molecule has 0 aliphatic rings. The van der Waals surface area contributed by atoms with Crippen molar-refractivity contribution in [2.24, 2.45) is 7.05 Å². The van der Waals surface area contributed by atoms with Crippen molar-refractivity contribution in [1.82, 2.24) is 9.55 Å². The summed E-state index contributed by atoms with van der Waals surface area (Å²) in [4.78, 5) is 40.7. The summed E-state index contributed by atoms with van der Waals surface area (Å²) in [5, 5.41) is 2.50. The predicted molar refractivity (Wildman–Crippen MR) is 88.0 cm³/mol. The van der Waals surface area contributed by atoms with Crippen molar-refractivity contribution in [3.05, 3.63) is 47.0 Å². The van der Waals surface area contributed by atoms with E-state index in [1.54, 1.807) is 46.1 Å². The van der Waals surface area contributed by atoms with E-state index in [9.17, 15) is 14.4 Å². The zero-order valence-corrected chi connectivity index (χ0v) is 14.0. The summed E-state index contributed by atoms with van der Waals surface area (Å²) in [7, 11) is 1.63. The van der Waals surface area contributed by atoms with Crippen LogP contribution >= 0.6 is 0 Å². The first-order valence-electron chi connectivity index (χ1n) is 7.47. The van der Waals surface area contributed by atoms with Crippen LogP contribution in [0.4, 0.5) is 5.69 Å². The molecule has 0 radical (unpaired) electrons. The van der Waals surface area contributed by atoms with E-state index in [1.165, 1.54) is 10.8 Å². The molecule has 7 nitrogen and oxygen atoms in total. The summed E-state index contributed by atoms with van der Waals surface area (Å²) in [5.74, 6) is -2.02. The fourth-order valence-electron chi connectivity index (χ4n) is 2.54. The smallest absolute Gasteiger partial charge is 0.340 e. The molecule has 126 valence electrons. The number of hydrogen-bond donors (Lipinski definition) is 1. The molecule has 0 bridgehead atoms. The highest BCUT2D eigenvalue weighted by molar-refractivity contribution is 6.46. The highest BCUT2D eigenvalue weighted by atomic mass is 16.5. The number of amides is 1. The average Bonchev–Trinajstić information content (AvgIpc) is 2.77. The normalized spacial score (nSPS) is 10.3. The third kappa shape index (κ3) is 3.19. The molecule has 2 aromatic rings. The second-order valence-corrected chi connectivity index (χ2v) is 5.24. The largest absolute Gasteiger partial charge is 0.462 e. The van der Waals surface area contributed by atoms with Gasteiger partial charge in [0.1, 0.15) is 0 Å². The van der Waals surface area contributed by atoms with Gasteiger partial charge in [0, 0.05) is 18.9 Å². The fourth-order valence-corrected chi connectivity index (χ4v) is 2.54. The Balaban J connectivity index is 2.34. The van der Waals surface area contributed by atoms with Crippen molar-refractivity contribution < 1.29 is 19.1 Å². The number of nitrogens with zero attached hydrogens (tertiary/aromatic N) is 2. The minimum absolute atomic E-state index is 0.164. The quantitative estimate of drug-likeness (QED) is 0.515. The van der Waals surface area contributed by atoms with Gasteiger partial charge in [0.2, 0.25) is 0 Å². The lowest BCUT2D eigenvalue weighted by atomic mass is 10.1. The second-order valence-electron chi connectivity index (χ2n) is 5.24. The lowest BCUT2D eigenvalue weighted by Gasteiger charge is -2.06. The van der Waals surface area contributed by atoms with Gasteiger partial charge in [0.15, 0.2) is 0 Å².